The number of nitrogens with one attached hydrogen (secondary N) is 1. The van der Waals surface area contributed by atoms with E-state index in [2.05, 4.69) is 19.2 Å². The van der Waals surface area contributed by atoms with Gasteiger partial charge in [0.25, 0.3) is 5.91 Å². The van der Waals surface area contributed by atoms with E-state index in [9.17, 15) is 10.1 Å². The molecule has 1 N–H and O–H groups in total. The van der Waals surface area contributed by atoms with Crippen LogP contribution >= 0.6 is 0 Å². The average Bonchev–Trinajstić information content (AvgIpc) is 2.71. The molecule has 146 valence electrons. The van der Waals surface area contributed by atoms with Gasteiger partial charge in [-0.25, -0.2) is 0 Å². The first-order valence-corrected chi connectivity index (χ1v) is 9.19. The Bertz CT molecular complexity index is 878. The number of hydrogen-bond acceptors (Lipinski definition) is 4. The van der Waals surface area contributed by atoms with Crippen molar-refractivity contribution < 1.29 is 14.3 Å². The minimum absolute atomic E-state index is 0.0876. The molecular formula is C23H26N2O3. The summed E-state index contributed by atoms with van der Waals surface area (Å²) in [6.45, 7) is 4.66. The summed E-state index contributed by atoms with van der Waals surface area (Å²) in [7, 11) is 3.17. The van der Waals surface area contributed by atoms with Gasteiger partial charge in [-0.2, -0.15) is 5.26 Å². The third-order valence-corrected chi connectivity index (χ3v) is 4.43. The van der Waals surface area contributed by atoms with Crippen molar-refractivity contribution in [3.63, 3.8) is 0 Å². The predicted molar refractivity (Wildman–Crippen MR) is 110 cm³/mol. The van der Waals surface area contributed by atoms with Gasteiger partial charge in [0.05, 0.1) is 14.2 Å². The van der Waals surface area contributed by atoms with Crippen LogP contribution in [0.25, 0.3) is 6.08 Å². The van der Waals surface area contributed by atoms with Crippen LogP contribution in [0.4, 0.5) is 0 Å². The van der Waals surface area contributed by atoms with E-state index in [4.69, 9.17) is 9.47 Å². The van der Waals surface area contributed by atoms with Crippen LogP contribution in [-0.2, 0) is 11.2 Å². The lowest BCUT2D eigenvalue weighted by atomic mass is 10.0. The number of ether oxygens (including phenoxy) is 2. The van der Waals surface area contributed by atoms with Crippen molar-refractivity contribution in [3.8, 4) is 17.6 Å². The van der Waals surface area contributed by atoms with E-state index >= 15 is 0 Å². The lowest BCUT2D eigenvalue weighted by Gasteiger charge is -2.10. The molecule has 0 unspecified atom stereocenters. The average molecular weight is 378 g/mol. The van der Waals surface area contributed by atoms with Crippen molar-refractivity contribution in [1.29, 1.82) is 5.26 Å². The summed E-state index contributed by atoms with van der Waals surface area (Å²) in [5.41, 5.74) is 3.14. The molecular weight excluding hydrogens is 352 g/mol. The van der Waals surface area contributed by atoms with Crippen LogP contribution in [0.2, 0.25) is 0 Å². The highest BCUT2D eigenvalue weighted by Crippen LogP contribution is 2.27. The third-order valence-electron chi connectivity index (χ3n) is 4.43. The van der Waals surface area contributed by atoms with Gasteiger partial charge in [0, 0.05) is 6.54 Å². The summed E-state index contributed by atoms with van der Waals surface area (Å²) in [6.07, 6.45) is 2.23. The van der Waals surface area contributed by atoms with Crippen molar-refractivity contribution in [2.75, 3.05) is 20.8 Å². The minimum Gasteiger partial charge on any atom is -0.493 e. The number of carbonyl (C=O) groups excluding carboxylic acids is 1. The van der Waals surface area contributed by atoms with Gasteiger partial charge in [-0.05, 0) is 47.2 Å². The molecule has 28 heavy (non-hydrogen) atoms. The molecule has 0 saturated heterocycles. The molecule has 2 rings (SSSR count). The molecule has 0 heterocycles. The van der Waals surface area contributed by atoms with Crippen LogP contribution in [0, 0.1) is 11.3 Å². The van der Waals surface area contributed by atoms with Gasteiger partial charge in [0.1, 0.15) is 11.6 Å². The molecule has 5 nitrogen and oxygen atoms in total. The van der Waals surface area contributed by atoms with Crippen LogP contribution in [0.1, 0.15) is 36.5 Å². The zero-order chi connectivity index (χ0) is 20.5. The quantitative estimate of drug-likeness (QED) is 0.555. The zero-order valence-electron chi connectivity index (χ0n) is 16.8. The summed E-state index contributed by atoms with van der Waals surface area (Å²) in [5.74, 6) is 1.37. The molecule has 0 fully saturated rings. The number of nitrogens with zero attached hydrogens (tertiary/aromatic N) is 1. The van der Waals surface area contributed by atoms with Crippen LogP contribution < -0.4 is 14.8 Å². The second-order valence-electron chi connectivity index (χ2n) is 6.69. The van der Waals surface area contributed by atoms with E-state index in [1.54, 1.807) is 20.3 Å². The summed E-state index contributed by atoms with van der Waals surface area (Å²) >= 11 is 0. The fraction of sp³-hybridized carbons (Fsp3) is 0.304. The van der Waals surface area contributed by atoms with E-state index in [0.29, 0.717) is 30.4 Å². The smallest absolute Gasteiger partial charge is 0.261 e. The highest BCUT2D eigenvalue weighted by molar-refractivity contribution is 6.01. The summed E-state index contributed by atoms with van der Waals surface area (Å²) in [5, 5.41) is 12.1. The molecule has 2 aromatic carbocycles. The second kappa shape index (κ2) is 10.2. The Morgan fingerprint density at radius 2 is 1.79 bits per heavy atom. The van der Waals surface area contributed by atoms with Crippen LogP contribution in [0.3, 0.4) is 0 Å². The first-order chi connectivity index (χ1) is 13.5. The van der Waals surface area contributed by atoms with Crippen molar-refractivity contribution >= 4 is 12.0 Å². The van der Waals surface area contributed by atoms with Gasteiger partial charge in [0.2, 0.25) is 0 Å². The number of amides is 1. The van der Waals surface area contributed by atoms with Crippen molar-refractivity contribution in [1.82, 2.24) is 5.32 Å². The fourth-order valence-electron chi connectivity index (χ4n) is 2.74. The maximum Gasteiger partial charge on any atom is 0.261 e. The van der Waals surface area contributed by atoms with E-state index in [0.717, 1.165) is 11.1 Å². The molecule has 0 atom stereocenters. The van der Waals surface area contributed by atoms with Crippen LogP contribution in [0.5, 0.6) is 11.5 Å². The van der Waals surface area contributed by atoms with E-state index in [-0.39, 0.29) is 11.5 Å². The molecule has 2 aromatic rings. The lowest BCUT2D eigenvalue weighted by molar-refractivity contribution is -0.117. The Labute approximate surface area is 166 Å². The standard InChI is InChI=1S/C23H26N2O3/c1-16(2)19-8-5-17(6-9-19)13-20(15-24)23(26)25-12-11-18-7-10-21(27-3)22(14-18)28-4/h5-10,13-14,16H,11-12H2,1-4H3,(H,25,26). The Morgan fingerprint density at radius 1 is 1.11 bits per heavy atom. The van der Waals surface area contributed by atoms with Gasteiger partial charge in [0.15, 0.2) is 11.5 Å². The largest absolute Gasteiger partial charge is 0.493 e. The van der Waals surface area contributed by atoms with Gasteiger partial charge < -0.3 is 14.8 Å². The molecule has 0 aromatic heterocycles. The first kappa shape index (κ1) is 21.0. The Kier molecular flexibility index (Phi) is 7.65. The second-order valence-corrected chi connectivity index (χ2v) is 6.69. The number of carbonyl (C=O) groups is 1. The summed E-state index contributed by atoms with van der Waals surface area (Å²) < 4.78 is 10.5. The maximum atomic E-state index is 12.3. The van der Waals surface area contributed by atoms with E-state index in [1.807, 2.05) is 48.5 Å². The lowest BCUT2D eigenvalue weighted by Crippen LogP contribution is -2.26. The number of benzene rings is 2. The SMILES string of the molecule is COc1ccc(CCNC(=O)C(C#N)=Cc2ccc(C(C)C)cc2)cc1OC. The van der Waals surface area contributed by atoms with Gasteiger partial charge >= 0.3 is 0 Å². The summed E-state index contributed by atoms with van der Waals surface area (Å²) in [4.78, 5) is 12.3. The normalized spacial score (nSPS) is 11.1. The van der Waals surface area contributed by atoms with E-state index in [1.165, 1.54) is 5.56 Å². The fourth-order valence-corrected chi connectivity index (χ4v) is 2.74. The highest BCUT2D eigenvalue weighted by Gasteiger charge is 2.10. The molecule has 5 heteroatoms. The third kappa shape index (κ3) is 5.62. The van der Waals surface area contributed by atoms with Gasteiger partial charge in [-0.15, -0.1) is 0 Å². The van der Waals surface area contributed by atoms with E-state index < -0.39 is 0 Å². The van der Waals surface area contributed by atoms with Crippen molar-refractivity contribution in [3.05, 3.63) is 64.7 Å². The predicted octanol–water partition coefficient (Wildman–Crippen LogP) is 4.09. The number of nitriles is 1. The molecule has 0 bridgehead atoms. The summed E-state index contributed by atoms with van der Waals surface area (Å²) in [6, 6.07) is 15.5. The van der Waals surface area contributed by atoms with Crippen LogP contribution in [-0.4, -0.2) is 26.7 Å². The number of rotatable bonds is 8. The van der Waals surface area contributed by atoms with Gasteiger partial charge in [-0.1, -0.05) is 44.2 Å². The van der Waals surface area contributed by atoms with Crippen molar-refractivity contribution in [2.45, 2.75) is 26.2 Å². The highest BCUT2D eigenvalue weighted by atomic mass is 16.5. The zero-order valence-corrected chi connectivity index (χ0v) is 16.8. The van der Waals surface area contributed by atoms with Crippen LogP contribution in [0.15, 0.2) is 48.0 Å². The molecule has 0 radical (unpaired) electrons. The monoisotopic (exact) mass is 378 g/mol. The number of methoxy groups -OCH3 is 2. The first-order valence-electron chi connectivity index (χ1n) is 9.19. The Balaban J connectivity index is 1.98. The molecule has 1 amide bonds. The maximum absolute atomic E-state index is 12.3. The van der Waals surface area contributed by atoms with Crippen molar-refractivity contribution in [2.24, 2.45) is 0 Å². The molecule has 0 spiro atoms. The Hall–Kier alpha value is -3.26. The van der Waals surface area contributed by atoms with Gasteiger partial charge in [-0.3, -0.25) is 4.79 Å². The minimum atomic E-state index is -0.379. The molecule has 0 saturated carbocycles. The molecule has 0 aliphatic carbocycles. The number of hydrogen-bond donors (Lipinski definition) is 1. The molecule has 0 aliphatic heterocycles. The topological polar surface area (TPSA) is 71.3 Å². The Morgan fingerprint density at radius 3 is 2.36 bits per heavy atom. The molecule has 0 aliphatic rings.